The number of hydrogen-bond donors (Lipinski definition) is 2. The molecular weight excluding hydrogens is 284 g/mol. The molecule has 0 amide bonds. The molecule has 5 heteroatoms. The van der Waals surface area contributed by atoms with E-state index in [0.29, 0.717) is 13.0 Å². The molecule has 0 aliphatic carbocycles. The van der Waals surface area contributed by atoms with E-state index in [1.807, 2.05) is 12.3 Å². The van der Waals surface area contributed by atoms with E-state index < -0.39 is 10.0 Å². The fraction of sp³-hybridized carbons (Fsp3) is 0.375. The van der Waals surface area contributed by atoms with Crippen molar-refractivity contribution in [3.8, 4) is 12.3 Å². The molecule has 0 radical (unpaired) electrons. The van der Waals surface area contributed by atoms with Gasteiger partial charge in [-0.25, -0.2) is 13.1 Å². The highest BCUT2D eigenvalue weighted by Crippen LogP contribution is 2.22. The number of aromatic nitrogens is 1. The largest absolute Gasteiger partial charge is 0.361 e. The van der Waals surface area contributed by atoms with Gasteiger partial charge in [-0.05, 0) is 24.0 Å². The van der Waals surface area contributed by atoms with Crippen LogP contribution in [0.2, 0.25) is 0 Å². The Balaban J connectivity index is 2.03. The number of terminal acetylenes is 1. The van der Waals surface area contributed by atoms with Crippen molar-refractivity contribution in [1.29, 1.82) is 0 Å². The second-order valence-electron chi connectivity index (χ2n) is 4.92. The number of aromatic amines is 1. The van der Waals surface area contributed by atoms with Crippen molar-refractivity contribution in [2.75, 3.05) is 12.3 Å². The van der Waals surface area contributed by atoms with Crippen molar-refractivity contribution >= 4 is 20.9 Å². The number of para-hydroxylation sites is 1. The van der Waals surface area contributed by atoms with Gasteiger partial charge in [-0.2, -0.15) is 0 Å². The molecule has 0 aliphatic rings. The third kappa shape index (κ3) is 3.87. The molecule has 0 fully saturated rings. The average Bonchev–Trinajstić information content (AvgIpc) is 2.88. The van der Waals surface area contributed by atoms with E-state index in [9.17, 15) is 8.42 Å². The highest BCUT2D eigenvalue weighted by atomic mass is 32.2. The van der Waals surface area contributed by atoms with Crippen LogP contribution in [-0.4, -0.2) is 25.7 Å². The van der Waals surface area contributed by atoms with E-state index in [4.69, 9.17) is 6.42 Å². The van der Waals surface area contributed by atoms with E-state index >= 15 is 0 Å². The van der Waals surface area contributed by atoms with Gasteiger partial charge in [0.05, 0.1) is 5.75 Å². The number of hydrogen-bond acceptors (Lipinski definition) is 2. The van der Waals surface area contributed by atoms with Crippen LogP contribution in [0.5, 0.6) is 0 Å². The zero-order valence-electron chi connectivity index (χ0n) is 12.1. The molecule has 21 heavy (non-hydrogen) atoms. The predicted octanol–water partition coefficient (Wildman–Crippen LogP) is 2.22. The standard InChI is InChI=1S/C16H20N2O2S/c1-3-5-11-21(19,20)18-10-9-14-12-17-16-13(4-2)7-6-8-15(14)16/h1,6-8,12,17-18H,4-5,9-11H2,2H3. The van der Waals surface area contributed by atoms with Gasteiger partial charge in [-0.3, -0.25) is 0 Å². The molecule has 112 valence electrons. The summed E-state index contributed by atoms with van der Waals surface area (Å²) in [6, 6.07) is 6.20. The lowest BCUT2D eigenvalue weighted by molar-refractivity contribution is 0.581. The van der Waals surface area contributed by atoms with Gasteiger partial charge in [0, 0.05) is 30.1 Å². The zero-order chi connectivity index (χ0) is 15.3. The fourth-order valence-corrected chi connectivity index (χ4v) is 3.33. The maximum Gasteiger partial charge on any atom is 0.212 e. The van der Waals surface area contributed by atoms with E-state index in [1.165, 1.54) is 5.56 Å². The number of nitrogens with one attached hydrogen (secondary N) is 2. The Kier molecular flexibility index (Phi) is 5.05. The predicted molar refractivity (Wildman–Crippen MR) is 86.6 cm³/mol. The number of aryl methyl sites for hydroxylation is 1. The lowest BCUT2D eigenvalue weighted by atomic mass is 10.1. The van der Waals surface area contributed by atoms with Crippen molar-refractivity contribution < 1.29 is 8.42 Å². The summed E-state index contributed by atoms with van der Waals surface area (Å²) in [7, 11) is -3.27. The maximum absolute atomic E-state index is 11.7. The summed E-state index contributed by atoms with van der Waals surface area (Å²) in [6.45, 7) is 2.51. The minimum atomic E-state index is -3.27. The first-order valence-electron chi connectivity index (χ1n) is 7.06. The Morgan fingerprint density at radius 3 is 2.86 bits per heavy atom. The van der Waals surface area contributed by atoms with E-state index in [2.05, 4.69) is 34.7 Å². The molecule has 1 heterocycles. The Morgan fingerprint density at radius 2 is 2.14 bits per heavy atom. The summed E-state index contributed by atoms with van der Waals surface area (Å²) in [6.07, 6.45) is 8.90. The Bertz CT molecular complexity index is 754. The third-order valence-corrected chi connectivity index (χ3v) is 4.89. The average molecular weight is 304 g/mol. The molecule has 1 aromatic carbocycles. The van der Waals surface area contributed by atoms with Crippen LogP contribution in [0.1, 0.15) is 24.5 Å². The number of fused-ring (bicyclic) bond motifs is 1. The quantitative estimate of drug-likeness (QED) is 0.770. The summed E-state index contributed by atoms with van der Waals surface area (Å²) in [5, 5.41) is 1.16. The second kappa shape index (κ2) is 6.79. The first-order valence-corrected chi connectivity index (χ1v) is 8.71. The zero-order valence-corrected chi connectivity index (χ0v) is 13.0. The number of benzene rings is 1. The summed E-state index contributed by atoms with van der Waals surface area (Å²) in [5.41, 5.74) is 3.54. The smallest absolute Gasteiger partial charge is 0.212 e. The van der Waals surface area contributed by atoms with Gasteiger partial charge in [0.2, 0.25) is 10.0 Å². The first-order chi connectivity index (χ1) is 10.1. The van der Waals surface area contributed by atoms with Gasteiger partial charge in [-0.1, -0.05) is 25.1 Å². The molecular formula is C16H20N2O2S. The molecule has 0 saturated heterocycles. The molecule has 0 spiro atoms. The molecule has 0 bridgehead atoms. The Labute approximate surface area is 126 Å². The van der Waals surface area contributed by atoms with Gasteiger partial charge < -0.3 is 4.98 Å². The molecule has 0 atom stereocenters. The van der Waals surface area contributed by atoms with E-state index in [-0.39, 0.29) is 12.2 Å². The van der Waals surface area contributed by atoms with Gasteiger partial charge in [0.15, 0.2) is 0 Å². The summed E-state index contributed by atoms with van der Waals surface area (Å²) < 4.78 is 25.9. The van der Waals surface area contributed by atoms with Gasteiger partial charge >= 0.3 is 0 Å². The lowest BCUT2D eigenvalue weighted by Gasteiger charge is -2.05. The van der Waals surface area contributed by atoms with E-state index in [1.54, 1.807) is 0 Å². The van der Waals surface area contributed by atoms with Gasteiger partial charge in [0.1, 0.15) is 0 Å². The molecule has 2 aromatic rings. The highest BCUT2D eigenvalue weighted by molar-refractivity contribution is 7.89. The van der Waals surface area contributed by atoms with Crippen LogP contribution in [0, 0.1) is 12.3 Å². The van der Waals surface area contributed by atoms with Crippen LogP contribution in [0.15, 0.2) is 24.4 Å². The van der Waals surface area contributed by atoms with Gasteiger partial charge in [-0.15, -0.1) is 12.3 Å². The minimum Gasteiger partial charge on any atom is -0.361 e. The van der Waals surface area contributed by atoms with Crippen LogP contribution in [0.4, 0.5) is 0 Å². The number of rotatable bonds is 7. The molecule has 2 N–H and O–H groups in total. The van der Waals surface area contributed by atoms with Crippen LogP contribution in [0.3, 0.4) is 0 Å². The van der Waals surface area contributed by atoms with Crippen LogP contribution >= 0.6 is 0 Å². The van der Waals surface area contributed by atoms with Crippen molar-refractivity contribution in [3.05, 3.63) is 35.5 Å². The number of sulfonamides is 1. The van der Waals surface area contributed by atoms with E-state index in [0.717, 1.165) is 22.9 Å². The molecule has 4 nitrogen and oxygen atoms in total. The first kappa shape index (κ1) is 15.6. The maximum atomic E-state index is 11.7. The SMILES string of the molecule is C#CCCS(=O)(=O)NCCc1c[nH]c2c(CC)cccc12. The number of H-pyrrole nitrogens is 1. The molecule has 0 unspecified atom stereocenters. The summed E-state index contributed by atoms with van der Waals surface area (Å²) >= 11 is 0. The lowest BCUT2D eigenvalue weighted by Crippen LogP contribution is -2.28. The molecule has 2 rings (SSSR count). The minimum absolute atomic E-state index is 0.0165. The Morgan fingerprint density at radius 1 is 1.33 bits per heavy atom. The topological polar surface area (TPSA) is 62.0 Å². The third-order valence-electron chi connectivity index (χ3n) is 3.50. The van der Waals surface area contributed by atoms with Crippen molar-refractivity contribution in [3.63, 3.8) is 0 Å². The highest BCUT2D eigenvalue weighted by Gasteiger charge is 2.10. The summed E-state index contributed by atoms with van der Waals surface area (Å²) in [4.78, 5) is 3.29. The van der Waals surface area contributed by atoms with Gasteiger partial charge in [0.25, 0.3) is 0 Å². The van der Waals surface area contributed by atoms with Crippen LogP contribution in [-0.2, 0) is 22.9 Å². The fourth-order valence-electron chi connectivity index (χ4n) is 2.38. The molecule has 0 saturated carbocycles. The van der Waals surface area contributed by atoms with Crippen molar-refractivity contribution in [1.82, 2.24) is 9.71 Å². The van der Waals surface area contributed by atoms with Crippen molar-refractivity contribution in [2.45, 2.75) is 26.2 Å². The second-order valence-corrected chi connectivity index (χ2v) is 6.85. The van der Waals surface area contributed by atoms with Crippen molar-refractivity contribution in [2.24, 2.45) is 0 Å². The molecule has 0 aliphatic heterocycles. The normalized spacial score (nSPS) is 11.6. The molecule has 1 aromatic heterocycles. The monoisotopic (exact) mass is 304 g/mol. The van der Waals surface area contributed by atoms with Crippen LogP contribution < -0.4 is 4.72 Å². The Hall–Kier alpha value is -1.77. The van der Waals surface area contributed by atoms with Crippen LogP contribution in [0.25, 0.3) is 10.9 Å². The summed E-state index contributed by atoms with van der Waals surface area (Å²) in [5.74, 6) is 2.32.